The standard InChI is InChI=1S/C20H13F3N2O3S2/c1-27-16-9-12(5-6-15(16)28-8-7-24)10-17-18(26)25(19(29)30-17)14-4-2-3-13(11-14)20(21,22)23/h2-6,9-11H,8H2,1H3. The second-order valence-corrected chi connectivity index (χ2v) is 7.60. The minimum Gasteiger partial charge on any atom is -0.493 e. The van der Waals surface area contributed by atoms with Gasteiger partial charge in [0.05, 0.1) is 23.3 Å². The van der Waals surface area contributed by atoms with Crippen LogP contribution in [-0.2, 0) is 11.0 Å². The third-order valence-electron chi connectivity index (χ3n) is 4.00. The van der Waals surface area contributed by atoms with E-state index in [1.54, 1.807) is 24.3 Å². The largest absolute Gasteiger partial charge is 0.493 e. The molecule has 0 radical (unpaired) electrons. The molecule has 1 amide bonds. The van der Waals surface area contributed by atoms with Crippen molar-refractivity contribution in [2.75, 3.05) is 18.6 Å². The summed E-state index contributed by atoms with van der Waals surface area (Å²) in [7, 11) is 1.44. The lowest BCUT2D eigenvalue weighted by Gasteiger charge is -2.16. The highest BCUT2D eigenvalue weighted by atomic mass is 32.2. The number of hydrogen-bond acceptors (Lipinski definition) is 6. The molecule has 30 heavy (non-hydrogen) atoms. The molecule has 5 nitrogen and oxygen atoms in total. The van der Waals surface area contributed by atoms with Gasteiger partial charge in [-0.05, 0) is 42.0 Å². The molecule has 0 unspecified atom stereocenters. The molecule has 154 valence electrons. The van der Waals surface area contributed by atoms with Gasteiger partial charge in [0.1, 0.15) is 6.07 Å². The molecule has 0 aromatic heterocycles. The molecular formula is C20H13F3N2O3S2. The van der Waals surface area contributed by atoms with E-state index in [4.69, 9.17) is 27.0 Å². The van der Waals surface area contributed by atoms with Crippen LogP contribution in [0.5, 0.6) is 11.5 Å². The maximum absolute atomic E-state index is 13.0. The number of carbonyl (C=O) groups excluding carboxylic acids is 1. The molecule has 0 atom stereocenters. The van der Waals surface area contributed by atoms with E-state index < -0.39 is 17.6 Å². The Kier molecular flexibility index (Phi) is 6.34. The number of nitriles is 1. The molecule has 1 fully saturated rings. The number of methoxy groups -OCH3 is 1. The molecule has 0 N–H and O–H groups in total. The van der Waals surface area contributed by atoms with Crippen molar-refractivity contribution < 1.29 is 27.4 Å². The van der Waals surface area contributed by atoms with Crippen LogP contribution in [0.3, 0.4) is 0 Å². The smallest absolute Gasteiger partial charge is 0.416 e. The van der Waals surface area contributed by atoms with E-state index in [-0.39, 0.29) is 21.5 Å². The minimum absolute atomic E-state index is 0.0496. The van der Waals surface area contributed by atoms with Gasteiger partial charge in [0, 0.05) is 0 Å². The van der Waals surface area contributed by atoms with Gasteiger partial charge in [-0.25, -0.2) is 0 Å². The zero-order valence-electron chi connectivity index (χ0n) is 15.4. The van der Waals surface area contributed by atoms with Crippen molar-refractivity contribution in [1.82, 2.24) is 0 Å². The SMILES string of the molecule is COc1cc(C=C2SC(=S)N(c3cccc(C(F)(F)F)c3)C2=O)ccc1OCC#N. The monoisotopic (exact) mass is 450 g/mol. The fourth-order valence-electron chi connectivity index (χ4n) is 2.67. The molecule has 2 aromatic rings. The zero-order valence-corrected chi connectivity index (χ0v) is 17.0. The van der Waals surface area contributed by atoms with Crippen molar-refractivity contribution in [2.24, 2.45) is 0 Å². The maximum atomic E-state index is 13.0. The predicted octanol–water partition coefficient (Wildman–Crippen LogP) is 5.02. The number of hydrogen-bond donors (Lipinski definition) is 0. The molecular weight excluding hydrogens is 437 g/mol. The molecule has 1 saturated heterocycles. The molecule has 2 aromatic carbocycles. The van der Waals surface area contributed by atoms with E-state index in [1.807, 2.05) is 6.07 Å². The van der Waals surface area contributed by atoms with Crippen molar-refractivity contribution in [1.29, 1.82) is 5.26 Å². The molecule has 3 rings (SSSR count). The lowest BCUT2D eigenvalue weighted by atomic mass is 10.1. The first-order chi connectivity index (χ1) is 14.2. The lowest BCUT2D eigenvalue weighted by Crippen LogP contribution is -2.27. The highest BCUT2D eigenvalue weighted by molar-refractivity contribution is 8.27. The molecule has 10 heteroatoms. The first-order valence-corrected chi connectivity index (χ1v) is 9.60. The number of thioether (sulfide) groups is 1. The van der Waals surface area contributed by atoms with Gasteiger partial charge in [-0.3, -0.25) is 9.69 Å². The third kappa shape index (κ3) is 4.58. The Labute approximate surface area is 179 Å². The van der Waals surface area contributed by atoms with Crippen molar-refractivity contribution in [3.05, 3.63) is 58.5 Å². The average molecular weight is 450 g/mol. The number of halogens is 3. The van der Waals surface area contributed by atoms with Crippen LogP contribution >= 0.6 is 24.0 Å². The highest BCUT2D eigenvalue weighted by Gasteiger charge is 2.36. The van der Waals surface area contributed by atoms with Gasteiger partial charge in [-0.1, -0.05) is 36.1 Å². The molecule has 1 heterocycles. The summed E-state index contributed by atoms with van der Waals surface area (Å²) in [4.78, 5) is 14.1. The predicted molar refractivity (Wildman–Crippen MR) is 111 cm³/mol. The Balaban J connectivity index is 1.90. The summed E-state index contributed by atoms with van der Waals surface area (Å²) >= 11 is 6.21. The van der Waals surface area contributed by atoms with E-state index in [9.17, 15) is 18.0 Å². The Bertz CT molecular complexity index is 1080. The normalized spacial score (nSPS) is 15.4. The Morgan fingerprint density at radius 2 is 2.00 bits per heavy atom. The summed E-state index contributed by atoms with van der Waals surface area (Å²) in [6.45, 7) is -0.147. The highest BCUT2D eigenvalue weighted by Crippen LogP contribution is 2.39. The van der Waals surface area contributed by atoms with Crippen LogP contribution < -0.4 is 14.4 Å². The number of ether oxygens (including phenoxy) is 2. The van der Waals surface area contributed by atoms with Gasteiger partial charge in [0.2, 0.25) is 0 Å². The van der Waals surface area contributed by atoms with E-state index in [0.29, 0.717) is 17.1 Å². The third-order valence-corrected chi connectivity index (χ3v) is 5.31. The van der Waals surface area contributed by atoms with Gasteiger partial charge in [-0.15, -0.1) is 0 Å². The van der Waals surface area contributed by atoms with Crippen molar-refractivity contribution in [3.8, 4) is 17.6 Å². The molecule has 0 aliphatic carbocycles. The number of thiocarbonyl (C=S) groups is 1. The van der Waals surface area contributed by atoms with Gasteiger partial charge in [-0.2, -0.15) is 18.4 Å². The first kappa shape index (κ1) is 21.7. The number of carbonyl (C=O) groups is 1. The summed E-state index contributed by atoms with van der Waals surface area (Å²) in [6, 6.07) is 11.2. The number of alkyl halides is 3. The van der Waals surface area contributed by atoms with Crippen LogP contribution in [0.25, 0.3) is 6.08 Å². The number of anilines is 1. The summed E-state index contributed by atoms with van der Waals surface area (Å²) in [5.41, 5.74) is -0.218. The van der Waals surface area contributed by atoms with E-state index in [2.05, 4.69) is 0 Å². The summed E-state index contributed by atoms with van der Waals surface area (Å²) < 4.78 is 49.6. The second-order valence-electron chi connectivity index (χ2n) is 5.92. The zero-order chi connectivity index (χ0) is 21.9. The molecule has 1 aliphatic rings. The minimum atomic E-state index is -4.53. The number of rotatable bonds is 5. The van der Waals surface area contributed by atoms with E-state index in [1.165, 1.54) is 19.2 Å². The van der Waals surface area contributed by atoms with Crippen LogP contribution in [0, 0.1) is 11.3 Å². The molecule has 0 saturated carbocycles. The summed E-state index contributed by atoms with van der Waals surface area (Å²) in [5.74, 6) is 0.216. The van der Waals surface area contributed by atoms with E-state index in [0.717, 1.165) is 28.8 Å². The fraction of sp³-hybridized carbons (Fsp3) is 0.150. The van der Waals surface area contributed by atoms with E-state index >= 15 is 0 Å². The quantitative estimate of drug-likeness (QED) is 0.471. The summed E-state index contributed by atoms with van der Waals surface area (Å²) in [6.07, 6.45) is -2.97. The van der Waals surface area contributed by atoms with Crippen LogP contribution in [0.15, 0.2) is 47.4 Å². The average Bonchev–Trinajstić information content (AvgIpc) is 2.99. The number of nitrogens with zero attached hydrogens (tertiary/aromatic N) is 2. The number of benzene rings is 2. The van der Waals surface area contributed by atoms with Crippen LogP contribution in [-0.4, -0.2) is 23.9 Å². The van der Waals surface area contributed by atoms with Crippen LogP contribution in [0.2, 0.25) is 0 Å². The van der Waals surface area contributed by atoms with Crippen molar-refractivity contribution in [2.45, 2.75) is 6.18 Å². The molecule has 1 aliphatic heterocycles. The lowest BCUT2D eigenvalue weighted by molar-refractivity contribution is -0.137. The van der Waals surface area contributed by atoms with Gasteiger partial charge >= 0.3 is 6.18 Å². The van der Waals surface area contributed by atoms with Gasteiger partial charge < -0.3 is 9.47 Å². The first-order valence-electron chi connectivity index (χ1n) is 8.37. The fourth-order valence-corrected chi connectivity index (χ4v) is 3.97. The second kappa shape index (κ2) is 8.77. The van der Waals surface area contributed by atoms with Gasteiger partial charge in [0.15, 0.2) is 22.4 Å². The van der Waals surface area contributed by atoms with Gasteiger partial charge in [0.25, 0.3) is 5.91 Å². The molecule has 0 bridgehead atoms. The van der Waals surface area contributed by atoms with Crippen LogP contribution in [0.4, 0.5) is 18.9 Å². The topological polar surface area (TPSA) is 62.6 Å². The Morgan fingerprint density at radius 3 is 2.67 bits per heavy atom. The van der Waals surface area contributed by atoms with Crippen LogP contribution in [0.1, 0.15) is 11.1 Å². The van der Waals surface area contributed by atoms with Crippen molar-refractivity contribution >= 4 is 46.0 Å². The molecule has 0 spiro atoms. The number of amides is 1. The Morgan fingerprint density at radius 1 is 1.23 bits per heavy atom. The summed E-state index contributed by atoms with van der Waals surface area (Å²) in [5, 5.41) is 8.63. The Hall–Kier alpha value is -3.03. The van der Waals surface area contributed by atoms with Crippen molar-refractivity contribution in [3.63, 3.8) is 0 Å². The maximum Gasteiger partial charge on any atom is 0.416 e.